The van der Waals surface area contributed by atoms with Crippen molar-refractivity contribution in [3.63, 3.8) is 0 Å². The SMILES string of the molecule is CC(C)=CCCC(C)=CCc1c(O)c2c(C=O)cccc2oc1=O. The summed E-state index contributed by atoms with van der Waals surface area (Å²) < 4.78 is 5.25. The van der Waals surface area contributed by atoms with Gasteiger partial charge in [0.15, 0.2) is 6.29 Å². The van der Waals surface area contributed by atoms with Gasteiger partial charge in [0.2, 0.25) is 0 Å². The number of hydrogen-bond donors (Lipinski definition) is 1. The lowest BCUT2D eigenvalue weighted by molar-refractivity contribution is 0.112. The highest BCUT2D eigenvalue weighted by molar-refractivity contribution is 5.99. The van der Waals surface area contributed by atoms with Crippen molar-refractivity contribution in [3.8, 4) is 5.75 Å². The Morgan fingerprint density at radius 1 is 1.21 bits per heavy atom. The van der Waals surface area contributed by atoms with Crippen LogP contribution in [0.5, 0.6) is 5.75 Å². The summed E-state index contributed by atoms with van der Waals surface area (Å²) in [5.74, 6) is -0.169. The lowest BCUT2D eigenvalue weighted by Gasteiger charge is -2.07. The van der Waals surface area contributed by atoms with Gasteiger partial charge in [-0.25, -0.2) is 4.79 Å². The summed E-state index contributed by atoms with van der Waals surface area (Å²) in [4.78, 5) is 23.3. The average Bonchev–Trinajstić information content (AvgIpc) is 2.53. The number of rotatable bonds is 6. The number of aromatic hydroxyl groups is 1. The van der Waals surface area contributed by atoms with Crippen molar-refractivity contribution in [3.05, 3.63) is 63.0 Å². The smallest absolute Gasteiger partial charge is 0.343 e. The van der Waals surface area contributed by atoms with Crippen molar-refractivity contribution in [2.75, 3.05) is 0 Å². The van der Waals surface area contributed by atoms with E-state index in [2.05, 4.69) is 19.9 Å². The largest absolute Gasteiger partial charge is 0.507 e. The van der Waals surface area contributed by atoms with Crippen LogP contribution in [-0.2, 0) is 6.42 Å². The van der Waals surface area contributed by atoms with Gasteiger partial charge in [0.1, 0.15) is 11.3 Å². The van der Waals surface area contributed by atoms with Gasteiger partial charge in [0, 0.05) is 12.0 Å². The van der Waals surface area contributed by atoms with E-state index in [4.69, 9.17) is 4.42 Å². The number of allylic oxidation sites excluding steroid dienone is 4. The average molecular weight is 326 g/mol. The minimum Gasteiger partial charge on any atom is -0.507 e. The number of carbonyl (C=O) groups is 1. The molecule has 0 amide bonds. The second kappa shape index (κ2) is 7.77. The number of fused-ring (bicyclic) bond motifs is 1. The molecule has 0 aliphatic heterocycles. The topological polar surface area (TPSA) is 67.5 Å². The normalized spacial score (nSPS) is 11.5. The molecule has 4 nitrogen and oxygen atoms in total. The van der Waals surface area contributed by atoms with Gasteiger partial charge >= 0.3 is 5.63 Å². The quantitative estimate of drug-likeness (QED) is 0.480. The van der Waals surface area contributed by atoms with E-state index < -0.39 is 5.63 Å². The molecular weight excluding hydrogens is 304 g/mol. The van der Waals surface area contributed by atoms with Crippen LogP contribution in [0.3, 0.4) is 0 Å². The predicted molar refractivity (Wildman–Crippen MR) is 95.7 cm³/mol. The van der Waals surface area contributed by atoms with Crippen LogP contribution in [0.25, 0.3) is 11.0 Å². The van der Waals surface area contributed by atoms with Gasteiger partial charge in [-0.15, -0.1) is 0 Å². The fourth-order valence-corrected chi connectivity index (χ4v) is 2.54. The lowest BCUT2D eigenvalue weighted by atomic mass is 10.0. The molecule has 1 heterocycles. The van der Waals surface area contributed by atoms with E-state index >= 15 is 0 Å². The molecule has 0 atom stereocenters. The minimum absolute atomic E-state index is 0.169. The summed E-state index contributed by atoms with van der Waals surface area (Å²) in [5.41, 5.74) is 2.54. The van der Waals surface area contributed by atoms with E-state index in [1.807, 2.05) is 13.0 Å². The van der Waals surface area contributed by atoms with Crippen LogP contribution in [0.4, 0.5) is 0 Å². The lowest BCUT2D eigenvalue weighted by Crippen LogP contribution is -2.08. The van der Waals surface area contributed by atoms with Gasteiger partial charge < -0.3 is 9.52 Å². The molecule has 0 fully saturated rings. The zero-order chi connectivity index (χ0) is 17.7. The van der Waals surface area contributed by atoms with E-state index in [-0.39, 0.29) is 28.7 Å². The van der Waals surface area contributed by atoms with E-state index in [1.165, 1.54) is 5.57 Å². The molecule has 1 N–H and O–H groups in total. The maximum Gasteiger partial charge on any atom is 0.343 e. The van der Waals surface area contributed by atoms with Gasteiger partial charge in [0.05, 0.1) is 10.9 Å². The molecule has 4 heteroatoms. The van der Waals surface area contributed by atoms with Gasteiger partial charge in [-0.2, -0.15) is 0 Å². The Morgan fingerprint density at radius 2 is 1.96 bits per heavy atom. The first kappa shape index (κ1) is 17.7. The summed E-state index contributed by atoms with van der Waals surface area (Å²) in [5, 5.41) is 10.7. The van der Waals surface area contributed by atoms with Crippen LogP contribution in [0.2, 0.25) is 0 Å². The van der Waals surface area contributed by atoms with Gasteiger partial charge in [-0.3, -0.25) is 4.79 Å². The van der Waals surface area contributed by atoms with Crippen molar-refractivity contribution in [2.24, 2.45) is 0 Å². The zero-order valence-electron chi connectivity index (χ0n) is 14.3. The van der Waals surface area contributed by atoms with E-state index in [9.17, 15) is 14.7 Å². The van der Waals surface area contributed by atoms with Crippen molar-refractivity contribution in [1.29, 1.82) is 0 Å². The second-order valence-electron chi connectivity index (χ2n) is 6.13. The van der Waals surface area contributed by atoms with E-state index in [0.29, 0.717) is 11.8 Å². The molecule has 0 radical (unpaired) electrons. The van der Waals surface area contributed by atoms with Crippen LogP contribution in [0, 0.1) is 0 Å². The second-order valence-corrected chi connectivity index (χ2v) is 6.13. The Labute approximate surface area is 141 Å². The molecule has 0 saturated carbocycles. The van der Waals surface area contributed by atoms with Crippen molar-refractivity contribution in [1.82, 2.24) is 0 Å². The van der Waals surface area contributed by atoms with Gasteiger partial charge in [0.25, 0.3) is 0 Å². The van der Waals surface area contributed by atoms with Crippen molar-refractivity contribution < 1.29 is 14.3 Å². The Hall–Kier alpha value is -2.62. The molecule has 126 valence electrons. The highest BCUT2D eigenvalue weighted by Gasteiger charge is 2.15. The monoisotopic (exact) mass is 326 g/mol. The fraction of sp³-hybridized carbons (Fsp3) is 0.300. The molecule has 2 aromatic rings. The maximum atomic E-state index is 12.1. The molecule has 0 unspecified atom stereocenters. The molecule has 1 aromatic heterocycles. The Morgan fingerprint density at radius 3 is 2.62 bits per heavy atom. The number of hydrogen-bond acceptors (Lipinski definition) is 4. The summed E-state index contributed by atoms with van der Waals surface area (Å²) in [7, 11) is 0. The van der Waals surface area contributed by atoms with Crippen LogP contribution in [0.1, 0.15) is 49.5 Å². The molecule has 24 heavy (non-hydrogen) atoms. The van der Waals surface area contributed by atoms with Crippen LogP contribution in [0.15, 0.2) is 50.7 Å². The van der Waals surface area contributed by atoms with Crippen LogP contribution >= 0.6 is 0 Å². The summed E-state index contributed by atoms with van der Waals surface area (Å²) in [6.45, 7) is 6.11. The first-order valence-electron chi connectivity index (χ1n) is 7.96. The Bertz CT molecular complexity index is 865. The highest BCUT2D eigenvalue weighted by Crippen LogP contribution is 2.29. The van der Waals surface area contributed by atoms with E-state index in [1.54, 1.807) is 18.2 Å². The first-order valence-corrected chi connectivity index (χ1v) is 7.96. The molecule has 1 aromatic carbocycles. The van der Waals surface area contributed by atoms with Crippen LogP contribution < -0.4 is 5.63 Å². The van der Waals surface area contributed by atoms with Crippen molar-refractivity contribution in [2.45, 2.75) is 40.0 Å². The number of benzene rings is 1. The third kappa shape index (κ3) is 4.02. The summed E-state index contributed by atoms with van der Waals surface area (Å²) in [6.07, 6.45) is 6.84. The van der Waals surface area contributed by atoms with Crippen LogP contribution in [-0.4, -0.2) is 11.4 Å². The predicted octanol–water partition coefficient (Wildman–Crippen LogP) is 4.55. The zero-order valence-corrected chi connectivity index (χ0v) is 14.3. The Kier molecular flexibility index (Phi) is 5.74. The molecule has 0 bridgehead atoms. The third-order valence-electron chi connectivity index (χ3n) is 3.90. The standard InChI is InChI=1S/C20H22O4/c1-13(2)6-4-7-14(3)10-11-16-19(22)18-15(12-21)8-5-9-17(18)24-20(16)23/h5-6,8-10,12,22H,4,7,11H2,1-3H3. The molecule has 0 saturated heterocycles. The summed E-state index contributed by atoms with van der Waals surface area (Å²) in [6, 6.07) is 4.76. The van der Waals surface area contributed by atoms with Gasteiger partial charge in [-0.05, 0) is 39.7 Å². The Balaban J connectivity index is 2.34. The number of aldehydes is 1. The van der Waals surface area contributed by atoms with Crippen molar-refractivity contribution >= 4 is 17.3 Å². The maximum absolute atomic E-state index is 12.1. The van der Waals surface area contributed by atoms with E-state index in [0.717, 1.165) is 18.4 Å². The molecule has 0 aliphatic carbocycles. The van der Waals surface area contributed by atoms with Gasteiger partial charge in [-0.1, -0.05) is 35.4 Å². The minimum atomic E-state index is -0.573. The third-order valence-corrected chi connectivity index (χ3v) is 3.90. The molecule has 2 rings (SSSR count). The fourth-order valence-electron chi connectivity index (χ4n) is 2.54. The molecular formula is C20H22O4. The summed E-state index contributed by atoms with van der Waals surface area (Å²) >= 11 is 0. The number of carbonyl (C=O) groups excluding carboxylic acids is 1. The molecule has 0 spiro atoms. The highest BCUT2D eigenvalue weighted by atomic mass is 16.4. The molecule has 0 aliphatic rings. The first-order chi connectivity index (χ1) is 11.4.